The Bertz CT molecular complexity index is 2300. The average molecular weight is 696 g/mol. The molecule has 0 spiro atoms. The van der Waals surface area contributed by atoms with E-state index in [1.54, 1.807) is 68.6 Å². The number of aromatic carboxylic acids is 1. The second-order valence-electron chi connectivity index (χ2n) is 11.0. The van der Waals surface area contributed by atoms with Crippen LogP contribution in [0.15, 0.2) is 112 Å². The van der Waals surface area contributed by atoms with E-state index >= 15 is 0 Å². The van der Waals surface area contributed by atoms with Crippen molar-refractivity contribution >= 4 is 46.6 Å². The summed E-state index contributed by atoms with van der Waals surface area (Å²) in [6, 6.07) is 25.3. The van der Waals surface area contributed by atoms with Crippen molar-refractivity contribution in [1.82, 2.24) is 4.57 Å². The van der Waals surface area contributed by atoms with Gasteiger partial charge < -0.3 is 24.6 Å². The van der Waals surface area contributed by atoms with Gasteiger partial charge in [0.25, 0.3) is 11.5 Å². The number of anilines is 1. The van der Waals surface area contributed by atoms with Crippen molar-refractivity contribution in [2.75, 3.05) is 19.5 Å². The van der Waals surface area contributed by atoms with Gasteiger partial charge in [0.2, 0.25) is 0 Å². The van der Waals surface area contributed by atoms with Crippen LogP contribution in [-0.2, 0) is 11.4 Å². The predicted octanol–water partition coefficient (Wildman–Crippen LogP) is 5.82. The number of para-hydroxylation sites is 1. The molecule has 10 nitrogen and oxygen atoms in total. The Labute approximate surface area is 289 Å². The number of carboxylic acids is 1. The molecule has 1 aromatic heterocycles. The first-order valence-electron chi connectivity index (χ1n) is 15.0. The van der Waals surface area contributed by atoms with Crippen molar-refractivity contribution in [1.29, 1.82) is 0 Å². The summed E-state index contributed by atoms with van der Waals surface area (Å²) in [5.74, 6) is -0.243. The van der Waals surface area contributed by atoms with Gasteiger partial charge in [-0.2, -0.15) is 0 Å². The molecule has 0 unspecified atom stereocenters. The lowest BCUT2D eigenvalue weighted by molar-refractivity contribution is -0.113. The number of nitrogens with one attached hydrogen (secondary N) is 1. The van der Waals surface area contributed by atoms with Crippen molar-refractivity contribution < 1.29 is 28.9 Å². The fourth-order valence-electron chi connectivity index (χ4n) is 5.52. The van der Waals surface area contributed by atoms with E-state index in [9.17, 15) is 19.5 Å². The van der Waals surface area contributed by atoms with Crippen LogP contribution in [0.3, 0.4) is 0 Å². The summed E-state index contributed by atoms with van der Waals surface area (Å²) in [4.78, 5) is 44.5. The topological polar surface area (TPSA) is 128 Å². The molecule has 1 amide bonds. The van der Waals surface area contributed by atoms with E-state index < -0.39 is 12.0 Å². The van der Waals surface area contributed by atoms with Gasteiger partial charge in [0.05, 0.1) is 46.7 Å². The van der Waals surface area contributed by atoms with E-state index in [0.29, 0.717) is 54.5 Å². The van der Waals surface area contributed by atoms with E-state index in [-0.39, 0.29) is 34.4 Å². The highest BCUT2D eigenvalue weighted by Crippen LogP contribution is 2.37. The number of rotatable bonds is 10. The van der Waals surface area contributed by atoms with Crippen LogP contribution in [0, 0.1) is 0 Å². The van der Waals surface area contributed by atoms with Gasteiger partial charge in [0, 0.05) is 5.69 Å². The predicted molar refractivity (Wildman–Crippen MR) is 188 cm³/mol. The second kappa shape index (κ2) is 14.2. The molecule has 6 rings (SSSR count). The van der Waals surface area contributed by atoms with E-state index in [2.05, 4.69) is 5.32 Å². The van der Waals surface area contributed by atoms with Crippen LogP contribution in [0.25, 0.3) is 6.08 Å². The lowest BCUT2D eigenvalue weighted by Gasteiger charge is -2.25. The van der Waals surface area contributed by atoms with E-state index in [1.807, 2.05) is 30.3 Å². The number of carboxylic acid groups (broad SMARTS) is 1. The van der Waals surface area contributed by atoms with Gasteiger partial charge in [-0.25, -0.2) is 9.79 Å². The summed E-state index contributed by atoms with van der Waals surface area (Å²) in [7, 11) is 3.03. The Kier molecular flexibility index (Phi) is 9.65. The number of benzene rings is 4. The molecule has 5 aromatic rings. The lowest BCUT2D eigenvalue weighted by Crippen LogP contribution is -2.40. The molecule has 1 aliphatic heterocycles. The minimum Gasteiger partial charge on any atom is -0.497 e. The third-order valence-corrected chi connectivity index (χ3v) is 9.08. The maximum absolute atomic E-state index is 14.2. The largest absolute Gasteiger partial charge is 0.497 e. The van der Waals surface area contributed by atoms with Gasteiger partial charge in [0.1, 0.15) is 12.4 Å². The summed E-state index contributed by atoms with van der Waals surface area (Å²) in [6.45, 7) is 1.81. The maximum Gasteiger partial charge on any atom is 0.335 e. The van der Waals surface area contributed by atoms with Crippen molar-refractivity contribution in [2.24, 2.45) is 4.99 Å². The summed E-state index contributed by atoms with van der Waals surface area (Å²) in [6.07, 6.45) is 1.68. The minimum atomic E-state index is -1.04. The third-order valence-electron chi connectivity index (χ3n) is 7.81. The monoisotopic (exact) mass is 695 g/mol. The molecule has 12 heteroatoms. The SMILES string of the molecule is COc1cccc([C@@H]2C(C(=O)Nc3ccccc3)=C(C)N=c3s/c(=C/c4cc(Cl)c(OCc5cccc(C(=O)O)c5)c(OC)c4)c(=O)n32)c1. The Morgan fingerprint density at radius 2 is 1.78 bits per heavy atom. The number of fused-ring (bicyclic) bond motifs is 1. The third kappa shape index (κ3) is 6.99. The van der Waals surface area contributed by atoms with Crippen molar-refractivity contribution in [3.05, 3.63) is 149 Å². The number of ether oxygens (including phenoxy) is 3. The first-order valence-corrected chi connectivity index (χ1v) is 16.2. The van der Waals surface area contributed by atoms with Crippen LogP contribution in [0.1, 0.15) is 40.0 Å². The molecular weight excluding hydrogens is 666 g/mol. The van der Waals surface area contributed by atoms with Crippen molar-refractivity contribution in [3.8, 4) is 17.2 Å². The molecule has 0 aliphatic carbocycles. The molecule has 49 heavy (non-hydrogen) atoms. The number of amides is 1. The number of thiazole rings is 1. The number of allylic oxidation sites excluding steroid dienone is 1. The molecule has 2 N–H and O–H groups in total. The number of carbonyl (C=O) groups is 2. The number of hydrogen-bond acceptors (Lipinski definition) is 8. The zero-order valence-corrected chi connectivity index (χ0v) is 28.2. The number of nitrogens with zero attached hydrogens (tertiary/aromatic N) is 2. The molecular formula is C37H30ClN3O7S. The van der Waals surface area contributed by atoms with Crippen molar-refractivity contribution in [2.45, 2.75) is 19.6 Å². The van der Waals surface area contributed by atoms with Gasteiger partial charge in [-0.15, -0.1) is 0 Å². The fourth-order valence-corrected chi connectivity index (χ4v) is 6.84. The first kappa shape index (κ1) is 33.3. The van der Waals surface area contributed by atoms with Gasteiger partial charge in [0.15, 0.2) is 16.3 Å². The van der Waals surface area contributed by atoms with Crippen LogP contribution in [-0.4, -0.2) is 35.8 Å². The smallest absolute Gasteiger partial charge is 0.335 e. The van der Waals surface area contributed by atoms with Crippen LogP contribution in [0.5, 0.6) is 17.2 Å². The molecule has 1 aliphatic rings. The number of hydrogen-bond donors (Lipinski definition) is 2. The summed E-state index contributed by atoms with van der Waals surface area (Å²) in [5.41, 5.74) is 3.11. The first-order chi connectivity index (χ1) is 23.7. The Hall–Kier alpha value is -5.65. The molecule has 0 fully saturated rings. The van der Waals surface area contributed by atoms with Crippen LogP contribution in [0.2, 0.25) is 5.02 Å². The highest BCUT2D eigenvalue weighted by molar-refractivity contribution is 7.07. The van der Waals surface area contributed by atoms with Crippen LogP contribution >= 0.6 is 22.9 Å². The summed E-state index contributed by atoms with van der Waals surface area (Å²) < 4.78 is 18.9. The van der Waals surface area contributed by atoms with Crippen LogP contribution in [0.4, 0.5) is 5.69 Å². The fraction of sp³-hybridized carbons (Fsp3) is 0.135. The highest BCUT2D eigenvalue weighted by Gasteiger charge is 2.33. The quantitative estimate of drug-likeness (QED) is 0.188. The molecule has 4 aromatic carbocycles. The zero-order chi connectivity index (χ0) is 34.7. The van der Waals surface area contributed by atoms with E-state index in [1.165, 1.54) is 35.1 Å². The van der Waals surface area contributed by atoms with Gasteiger partial charge in [-0.1, -0.05) is 65.4 Å². The molecule has 2 heterocycles. The van der Waals surface area contributed by atoms with E-state index in [4.69, 9.17) is 30.8 Å². The molecule has 248 valence electrons. The molecule has 0 radical (unpaired) electrons. The molecule has 1 atom stereocenters. The standard InChI is InChI=1S/C37H30ClN3O7S/c1-21-31(34(42)40-26-12-5-4-6-13-26)32(24-10-8-14-27(19-24)46-2)41-35(43)30(49-37(41)39-21)18-23-16-28(38)33(29(17-23)47-3)48-20-22-9-7-11-25(15-22)36(44)45/h4-19,32H,20H2,1-3H3,(H,40,42)(H,44,45)/b30-18+/t32-/m1/s1. The number of halogens is 1. The minimum absolute atomic E-state index is 0.0545. The molecule has 0 bridgehead atoms. The molecule has 0 saturated heterocycles. The van der Waals surface area contributed by atoms with Gasteiger partial charge in [-0.3, -0.25) is 14.2 Å². The van der Waals surface area contributed by atoms with Gasteiger partial charge >= 0.3 is 5.97 Å². The second-order valence-corrected chi connectivity index (χ2v) is 12.4. The Morgan fingerprint density at radius 1 is 1.00 bits per heavy atom. The maximum atomic E-state index is 14.2. The average Bonchev–Trinajstić information content (AvgIpc) is 3.40. The zero-order valence-electron chi connectivity index (χ0n) is 26.6. The Balaban J connectivity index is 1.39. The normalized spacial score (nSPS) is 14.1. The number of carbonyl (C=O) groups excluding carboxylic acids is 1. The summed E-state index contributed by atoms with van der Waals surface area (Å²) in [5, 5.41) is 12.5. The Morgan fingerprint density at radius 3 is 2.51 bits per heavy atom. The van der Waals surface area contributed by atoms with Gasteiger partial charge in [-0.05, 0) is 78.2 Å². The van der Waals surface area contributed by atoms with Crippen molar-refractivity contribution in [3.63, 3.8) is 0 Å². The highest BCUT2D eigenvalue weighted by atomic mass is 35.5. The van der Waals surface area contributed by atoms with Crippen LogP contribution < -0.4 is 34.4 Å². The molecule has 0 saturated carbocycles. The lowest BCUT2D eigenvalue weighted by atomic mass is 9.95. The van der Waals surface area contributed by atoms with E-state index in [0.717, 1.165) is 0 Å². The summed E-state index contributed by atoms with van der Waals surface area (Å²) >= 11 is 7.85. The number of aromatic nitrogens is 1. The number of methoxy groups -OCH3 is 2.